The van der Waals surface area contributed by atoms with Crippen molar-refractivity contribution in [2.45, 2.75) is 15.9 Å². The predicted octanol–water partition coefficient (Wildman–Crippen LogP) is 2.76. The van der Waals surface area contributed by atoms with Crippen LogP contribution in [0.5, 0.6) is 0 Å². The number of rotatable bonds is 4. The average Bonchev–Trinajstić information content (AvgIpc) is 2.95. The van der Waals surface area contributed by atoms with Crippen molar-refractivity contribution in [3.63, 3.8) is 0 Å². The Hall–Kier alpha value is -1.70. The zero-order chi connectivity index (χ0) is 14.8. The molecule has 0 aliphatic carbocycles. The number of fused-ring (bicyclic) bond motifs is 1. The van der Waals surface area contributed by atoms with E-state index in [4.69, 9.17) is 5.73 Å². The molecule has 3 rings (SSSR count). The van der Waals surface area contributed by atoms with Crippen LogP contribution < -0.4 is 10.6 Å². The van der Waals surface area contributed by atoms with Crippen molar-refractivity contribution in [3.8, 4) is 0 Å². The van der Waals surface area contributed by atoms with Crippen LogP contribution in [-0.2, 0) is 6.54 Å². The van der Waals surface area contributed by atoms with Gasteiger partial charge in [0.05, 0.1) is 5.52 Å². The van der Waals surface area contributed by atoms with Crippen LogP contribution in [0.3, 0.4) is 0 Å². The summed E-state index contributed by atoms with van der Waals surface area (Å²) in [7, 11) is 3.91. The molecule has 2 N–H and O–H groups in total. The molecular weight excluding hydrogens is 302 g/mol. The van der Waals surface area contributed by atoms with Gasteiger partial charge in [0.25, 0.3) is 0 Å². The molecule has 0 bridgehead atoms. The van der Waals surface area contributed by atoms with Crippen LogP contribution in [-0.4, -0.2) is 29.3 Å². The second-order valence-electron chi connectivity index (χ2n) is 4.69. The van der Waals surface area contributed by atoms with Crippen LogP contribution in [0.4, 0.5) is 5.13 Å². The molecule has 0 amide bonds. The molecule has 1 aromatic carbocycles. The minimum atomic E-state index is 0.496. The first-order valence-electron chi connectivity index (χ1n) is 6.45. The third kappa shape index (κ3) is 2.99. The number of nitrogens with zero attached hydrogens (tertiary/aromatic N) is 4. The van der Waals surface area contributed by atoms with E-state index in [9.17, 15) is 0 Å². The molecule has 0 atom stereocenters. The molecule has 0 fully saturated rings. The van der Waals surface area contributed by atoms with Gasteiger partial charge in [-0.1, -0.05) is 29.5 Å². The van der Waals surface area contributed by atoms with Crippen molar-refractivity contribution in [2.75, 3.05) is 19.0 Å². The van der Waals surface area contributed by atoms with Gasteiger partial charge in [0.2, 0.25) is 5.13 Å². The van der Waals surface area contributed by atoms with E-state index in [1.807, 2.05) is 49.3 Å². The molecule has 0 aliphatic rings. The molecule has 2 aromatic heterocycles. The maximum absolute atomic E-state index is 5.85. The summed E-state index contributed by atoms with van der Waals surface area (Å²) in [6.45, 7) is 0.496. The fourth-order valence-electron chi connectivity index (χ4n) is 1.96. The van der Waals surface area contributed by atoms with Gasteiger partial charge in [0.1, 0.15) is 5.03 Å². The Morgan fingerprint density at radius 3 is 2.76 bits per heavy atom. The summed E-state index contributed by atoms with van der Waals surface area (Å²) in [5, 5.41) is 11.2. The molecule has 21 heavy (non-hydrogen) atoms. The Morgan fingerprint density at radius 1 is 1.24 bits per heavy atom. The average molecular weight is 317 g/mol. The highest BCUT2D eigenvalue weighted by molar-refractivity contribution is 8.01. The molecule has 0 aliphatic heterocycles. The third-order valence-corrected chi connectivity index (χ3v) is 5.03. The van der Waals surface area contributed by atoms with Crippen molar-refractivity contribution >= 4 is 39.1 Å². The zero-order valence-corrected chi connectivity index (χ0v) is 13.4. The summed E-state index contributed by atoms with van der Waals surface area (Å²) in [6, 6.07) is 10.1. The lowest BCUT2D eigenvalue weighted by molar-refractivity contribution is 0.970. The van der Waals surface area contributed by atoms with Crippen LogP contribution >= 0.6 is 23.1 Å². The number of hydrogen-bond donors (Lipinski definition) is 1. The van der Waals surface area contributed by atoms with Crippen LogP contribution in [0.25, 0.3) is 10.9 Å². The third-order valence-electron chi connectivity index (χ3n) is 2.97. The lowest BCUT2D eigenvalue weighted by Crippen LogP contribution is -2.07. The van der Waals surface area contributed by atoms with Gasteiger partial charge in [-0.05, 0) is 29.5 Å². The smallest absolute Gasteiger partial charge is 0.208 e. The summed E-state index contributed by atoms with van der Waals surface area (Å²) >= 11 is 3.07. The van der Waals surface area contributed by atoms with Crippen LogP contribution in [0, 0.1) is 0 Å². The van der Waals surface area contributed by atoms with Crippen LogP contribution in [0.15, 0.2) is 39.7 Å². The topological polar surface area (TPSA) is 67.9 Å². The number of benzene rings is 1. The normalized spacial score (nSPS) is 11.0. The van der Waals surface area contributed by atoms with E-state index in [1.54, 1.807) is 11.3 Å². The molecule has 0 saturated carbocycles. The maximum Gasteiger partial charge on any atom is 0.208 e. The van der Waals surface area contributed by atoms with E-state index in [0.29, 0.717) is 6.54 Å². The number of anilines is 1. The van der Waals surface area contributed by atoms with Crippen LogP contribution in [0.1, 0.15) is 5.56 Å². The fourth-order valence-corrected chi connectivity index (χ4v) is 3.71. The second kappa shape index (κ2) is 5.97. The molecule has 0 unspecified atom stereocenters. The summed E-state index contributed by atoms with van der Waals surface area (Å²) in [4.78, 5) is 6.61. The van der Waals surface area contributed by atoms with Crippen molar-refractivity contribution in [3.05, 3.63) is 35.9 Å². The van der Waals surface area contributed by atoms with Gasteiger partial charge in [-0.3, -0.25) is 0 Å². The Bertz CT molecular complexity index is 769. The number of para-hydroxylation sites is 1. The highest BCUT2D eigenvalue weighted by Gasteiger charge is 2.10. The highest BCUT2D eigenvalue weighted by atomic mass is 32.2. The molecule has 0 saturated heterocycles. The summed E-state index contributed by atoms with van der Waals surface area (Å²) in [5.41, 5.74) is 7.91. The number of nitrogens with two attached hydrogens (primary N) is 1. The van der Waals surface area contributed by atoms with Gasteiger partial charge in [-0.2, -0.15) is 0 Å². The Balaban J connectivity index is 1.96. The first kappa shape index (κ1) is 14.2. The molecule has 7 heteroatoms. The number of hydrogen-bond acceptors (Lipinski definition) is 7. The maximum atomic E-state index is 5.85. The lowest BCUT2D eigenvalue weighted by Gasteiger charge is -2.06. The van der Waals surface area contributed by atoms with Gasteiger partial charge in [0.15, 0.2) is 4.34 Å². The van der Waals surface area contributed by atoms with Gasteiger partial charge >= 0.3 is 0 Å². The summed E-state index contributed by atoms with van der Waals surface area (Å²) < 4.78 is 0.879. The molecule has 0 spiro atoms. The minimum Gasteiger partial charge on any atom is -0.353 e. The highest BCUT2D eigenvalue weighted by Crippen LogP contribution is 2.33. The first-order valence-corrected chi connectivity index (χ1v) is 8.08. The van der Waals surface area contributed by atoms with Crippen molar-refractivity contribution in [1.82, 2.24) is 15.2 Å². The molecule has 3 aromatic rings. The van der Waals surface area contributed by atoms with E-state index < -0.39 is 0 Å². The van der Waals surface area contributed by atoms with Crippen molar-refractivity contribution < 1.29 is 0 Å². The largest absolute Gasteiger partial charge is 0.353 e. The second-order valence-corrected chi connectivity index (χ2v) is 6.91. The van der Waals surface area contributed by atoms with E-state index in [0.717, 1.165) is 31.0 Å². The van der Waals surface area contributed by atoms with E-state index in [-0.39, 0.29) is 0 Å². The molecule has 0 radical (unpaired) electrons. The monoisotopic (exact) mass is 317 g/mol. The quantitative estimate of drug-likeness (QED) is 0.798. The number of aromatic nitrogens is 3. The van der Waals surface area contributed by atoms with Crippen molar-refractivity contribution in [1.29, 1.82) is 0 Å². The van der Waals surface area contributed by atoms with Gasteiger partial charge < -0.3 is 10.6 Å². The summed E-state index contributed by atoms with van der Waals surface area (Å²) in [5.74, 6) is 0. The van der Waals surface area contributed by atoms with Gasteiger partial charge in [-0.15, -0.1) is 10.2 Å². The van der Waals surface area contributed by atoms with Gasteiger partial charge in [0, 0.05) is 26.0 Å². The van der Waals surface area contributed by atoms with Crippen LogP contribution in [0.2, 0.25) is 0 Å². The molecule has 5 nitrogen and oxygen atoms in total. The first-order chi connectivity index (χ1) is 10.2. The zero-order valence-electron chi connectivity index (χ0n) is 11.8. The van der Waals surface area contributed by atoms with Crippen molar-refractivity contribution in [2.24, 2.45) is 5.73 Å². The minimum absolute atomic E-state index is 0.496. The molecular formula is C14H15N5S2. The van der Waals surface area contributed by atoms with E-state index >= 15 is 0 Å². The predicted molar refractivity (Wildman–Crippen MR) is 88.0 cm³/mol. The Morgan fingerprint density at radius 2 is 2.05 bits per heavy atom. The SMILES string of the molecule is CN(C)c1nnc(Sc2cc(CN)c3ccccc3n2)s1. The van der Waals surface area contributed by atoms with E-state index in [2.05, 4.69) is 15.2 Å². The lowest BCUT2D eigenvalue weighted by atomic mass is 10.1. The standard InChI is InChI=1S/C14H15N5S2/c1-19(2)13-17-18-14(21-13)20-12-7-9(8-15)10-5-3-4-6-11(10)16-12/h3-7H,8,15H2,1-2H3. The fraction of sp³-hybridized carbons (Fsp3) is 0.214. The Kier molecular flexibility index (Phi) is 4.05. The Labute approximate surface area is 131 Å². The van der Waals surface area contributed by atoms with E-state index in [1.165, 1.54) is 11.8 Å². The summed E-state index contributed by atoms with van der Waals surface area (Å²) in [6.07, 6.45) is 0. The molecule has 108 valence electrons. The molecule has 2 heterocycles. The number of pyridine rings is 1. The van der Waals surface area contributed by atoms with Gasteiger partial charge in [-0.25, -0.2) is 4.98 Å².